The van der Waals surface area contributed by atoms with E-state index in [1.165, 1.54) is 27.0 Å². The lowest BCUT2D eigenvalue weighted by molar-refractivity contribution is 0.368. The lowest BCUT2D eigenvalue weighted by Crippen LogP contribution is -2.34. The molecule has 0 radical (unpaired) electrons. The fourth-order valence-corrected chi connectivity index (χ4v) is 9.55. The summed E-state index contributed by atoms with van der Waals surface area (Å²) in [6, 6.07) is 55.0. The van der Waals surface area contributed by atoms with E-state index >= 15 is 0 Å². The second-order valence-electron chi connectivity index (χ2n) is 8.85. The molecule has 0 N–H and O–H groups in total. The largest absolute Gasteiger partial charge is 0.673 e. The van der Waals surface area contributed by atoms with Gasteiger partial charge in [-0.1, -0.05) is 121 Å². The van der Waals surface area contributed by atoms with Gasteiger partial charge in [0.1, 0.15) is 28.8 Å². The van der Waals surface area contributed by atoms with Crippen LogP contribution in [0.2, 0.25) is 0 Å². The first-order chi connectivity index (χ1) is 18.9. The molecule has 1 atom stereocenters. The Balaban J connectivity index is 0.000000648. The van der Waals surface area contributed by atoms with Gasteiger partial charge in [0.05, 0.1) is 0 Å². The Labute approximate surface area is 228 Å². The number of benzene rings is 5. The van der Waals surface area contributed by atoms with Gasteiger partial charge in [0, 0.05) is 0 Å². The molecule has 0 bridgehead atoms. The van der Waals surface area contributed by atoms with Crippen LogP contribution in [-0.2, 0) is 0 Å². The summed E-state index contributed by atoms with van der Waals surface area (Å²) in [6.45, 7) is 0. The number of halogens is 4. The van der Waals surface area contributed by atoms with Gasteiger partial charge < -0.3 is 17.3 Å². The second kappa shape index (κ2) is 13.2. The van der Waals surface area contributed by atoms with Crippen molar-refractivity contribution < 1.29 is 17.3 Å². The first-order valence-electron chi connectivity index (χ1n) is 12.6. The van der Waals surface area contributed by atoms with Crippen molar-refractivity contribution in [3.63, 3.8) is 0 Å². The van der Waals surface area contributed by atoms with Crippen molar-refractivity contribution in [3.8, 4) is 0 Å². The topological polar surface area (TPSA) is 0 Å². The smallest absolute Gasteiger partial charge is 0.418 e. The molecule has 196 valence electrons. The molecule has 0 aromatic heterocycles. The van der Waals surface area contributed by atoms with Gasteiger partial charge in [0.15, 0.2) is 0 Å². The average Bonchev–Trinajstić information content (AvgIpc) is 2.97. The third kappa shape index (κ3) is 7.34. The van der Waals surface area contributed by atoms with E-state index < -0.39 is 14.5 Å². The predicted molar refractivity (Wildman–Crippen MR) is 160 cm³/mol. The highest BCUT2D eigenvalue weighted by Gasteiger charge is 2.51. The highest BCUT2D eigenvalue weighted by atomic mass is 31.2. The molecule has 5 aromatic carbocycles. The Bertz CT molecular complexity index is 1320. The molecule has 0 nitrogen and oxygen atoms in total. The lowest BCUT2D eigenvalue weighted by atomic mass is 10.1. The molecule has 0 amide bonds. The molecule has 0 aliphatic rings. The normalized spacial score (nSPS) is 12.4. The van der Waals surface area contributed by atoms with Gasteiger partial charge in [-0.3, -0.25) is 0 Å². The van der Waals surface area contributed by atoms with Gasteiger partial charge in [-0.15, -0.1) is 0 Å². The van der Waals surface area contributed by atoms with E-state index in [1.807, 2.05) is 0 Å². The van der Waals surface area contributed by atoms with Crippen LogP contribution in [-0.4, -0.2) is 7.25 Å². The molecular formula is C33H28BF4P. The van der Waals surface area contributed by atoms with Crippen molar-refractivity contribution in [2.24, 2.45) is 0 Å². The molecule has 0 spiro atoms. The number of hydrogen-bond acceptors (Lipinski definition) is 0. The summed E-state index contributed by atoms with van der Waals surface area (Å²) >= 11 is 0. The quantitative estimate of drug-likeness (QED) is 0.110. The molecule has 5 rings (SSSR count). The maximum atomic E-state index is 9.75. The third-order valence-electron chi connectivity index (χ3n) is 6.32. The van der Waals surface area contributed by atoms with E-state index in [0.29, 0.717) is 0 Å². The standard InChI is InChI=1S/C33H28P.BF4/c1-6-16-28(17-7-1)26-27-33(29-18-8-2-9-19-29)34(30-20-10-3-11-21-30,31-22-12-4-13-23-31)32-24-14-5-15-25-32;2-1(3,4)5/h1-27,33H;/q+1;-1/b27-26+;. The van der Waals surface area contributed by atoms with Crippen LogP contribution in [0.5, 0.6) is 0 Å². The van der Waals surface area contributed by atoms with Gasteiger partial charge in [-0.2, -0.15) is 0 Å². The van der Waals surface area contributed by atoms with E-state index in [1.54, 1.807) is 0 Å². The molecule has 1 unspecified atom stereocenters. The summed E-state index contributed by atoms with van der Waals surface area (Å²) < 4.78 is 39.0. The van der Waals surface area contributed by atoms with Crippen molar-refractivity contribution >= 4 is 36.5 Å². The summed E-state index contributed by atoms with van der Waals surface area (Å²) in [5.41, 5.74) is 2.73. The molecule has 39 heavy (non-hydrogen) atoms. The molecule has 0 heterocycles. The van der Waals surface area contributed by atoms with Crippen LogP contribution < -0.4 is 15.9 Å². The number of hydrogen-bond donors (Lipinski definition) is 0. The summed E-state index contributed by atoms with van der Waals surface area (Å²) in [5.74, 6) is 0. The molecule has 0 saturated carbocycles. The van der Waals surface area contributed by atoms with Crippen LogP contribution in [0.4, 0.5) is 17.3 Å². The Morgan fingerprint density at radius 2 is 0.769 bits per heavy atom. The minimum absolute atomic E-state index is 0.182. The van der Waals surface area contributed by atoms with Crippen molar-refractivity contribution in [1.82, 2.24) is 0 Å². The maximum Gasteiger partial charge on any atom is 0.673 e. The highest BCUT2D eigenvalue weighted by molar-refractivity contribution is 7.96. The second-order valence-corrected chi connectivity index (χ2v) is 12.4. The minimum atomic E-state index is -6.00. The van der Waals surface area contributed by atoms with Crippen molar-refractivity contribution in [3.05, 3.63) is 169 Å². The third-order valence-corrected chi connectivity index (χ3v) is 11.0. The van der Waals surface area contributed by atoms with Crippen LogP contribution in [0, 0.1) is 0 Å². The maximum absolute atomic E-state index is 9.75. The summed E-state index contributed by atoms with van der Waals surface area (Å²) in [5, 5.41) is 4.16. The highest BCUT2D eigenvalue weighted by Crippen LogP contribution is 2.67. The monoisotopic (exact) mass is 542 g/mol. The zero-order valence-electron chi connectivity index (χ0n) is 21.2. The molecule has 6 heteroatoms. The molecule has 0 fully saturated rings. The lowest BCUT2D eigenvalue weighted by Gasteiger charge is -2.33. The van der Waals surface area contributed by atoms with Crippen molar-refractivity contribution in [1.29, 1.82) is 0 Å². The first-order valence-corrected chi connectivity index (χ1v) is 14.5. The molecule has 5 aromatic rings. The van der Waals surface area contributed by atoms with E-state index in [0.717, 1.165) is 0 Å². The molecular weight excluding hydrogens is 514 g/mol. The summed E-state index contributed by atoms with van der Waals surface area (Å²) in [4.78, 5) is 0. The fraction of sp³-hybridized carbons (Fsp3) is 0.0303. The zero-order chi connectivity index (χ0) is 27.6. The Morgan fingerprint density at radius 1 is 0.462 bits per heavy atom. The zero-order valence-corrected chi connectivity index (χ0v) is 22.1. The average molecular weight is 542 g/mol. The van der Waals surface area contributed by atoms with Crippen LogP contribution in [0.25, 0.3) is 6.08 Å². The van der Waals surface area contributed by atoms with Crippen molar-refractivity contribution in [2.75, 3.05) is 0 Å². The summed E-state index contributed by atoms with van der Waals surface area (Å²) in [6.07, 6.45) is 4.73. The van der Waals surface area contributed by atoms with Crippen LogP contribution in [0.3, 0.4) is 0 Å². The van der Waals surface area contributed by atoms with E-state index in [9.17, 15) is 17.3 Å². The van der Waals surface area contributed by atoms with Crippen LogP contribution in [0.15, 0.2) is 158 Å². The van der Waals surface area contributed by atoms with E-state index in [-0.39, 0.29) is 5.66 Å². The Hall–Kier alpha value is -3.95. The van der Waals surface area contributed by atoms with Gasteiger partial charge >= 0.3 is 7.25 Å². The Morgan fingerprint density at radius 3 is 1.13 bits per heavy atom. The van der Waals surface area contributed by atoms with Crippen LogP contribution in [0.1, 0.15) is 16.8 Å². The molecule has 0 aliphatic heterocycles. The van der Waals surface area contributed by atoms with E-state index in [2.05, 4.69) is 164 Å². The van der Waals surface area contributed by atoms with Gasteiger partial charge in [-0.25, -0.2) is 0 Å². The molecule has 0 aliphatic carbocycles. The van der Waals surface area contributed by atoms with E-state index in [4.69, 9.17) is 0 Å². The summed E-state index contributed by atoms with van der Waals surface area (Å²) in [7, 11) is -8.11. The van der Waals surface area contributed by atoms with Gasteiger partial charge in [0.25, 0.3) is 0 Å². The molecule has 0 saturated heterocycles. The number of allylic oxidation sites excluding steroid dienone is 1. The van der Waals surface area contributed by atoms with Gasteiger partial charge in [-0.05, 0) is 53.6 Å². The number of rotatable bonds is 7. The first kappa shape index (κ1) is 28.1. The fourth-order valence-electron chi connectivity index (χ4n) is 4.80. The SMILES string of the molecule is C(=C\C(c1ccccc1)[P+](c1ccccc1)(c1ccccc1)c1ccccc1)/c1ccccc1.F[B-](F)(F)F. The Kier molecular flexibility index (Phi) is 9.52. The van der Waals surface area contributed by atoms with Crippen molar-refractivity contribution in [2.45, 2.75) is 5.66 Å². The van der Waals surface area contributed by atoms with Crippen LogP contribution >= 0.6 is 7.26 Å². The predicted octanol–water partition coefficient (Wildman–Crippen LogP) is 8.74. The van der Waals surface area contributed by atoms with Gasteiger partial charge in [0.2, 0.25) is 0 Å². The minimum Gasteiger partial charge on any atom is -0.418 e.